The van der Waals surface area contributed by atoms with Crippen LogP contribution >= 0.6 is 55.1 Å². The van der Waals surface area contributed by atoms with Gasteiger partial charge in [0.15, 0.2) is 0 Å². The molecule has 10 heavy (non-hydrogen) atoms. The van der Waals surface area contributed by atoms with Gasteiger partial charge in [0.25, 0.3) is 0 Å². The Hall–Kier alpha value is 1.54. The van der Waals surface area contributed by atoms with Crippen molar-refractivity contribution in [2.24, 2.45) is 0 Å². The van der Waals surface area contributed by atoms with Crippen LogP contribution in [0.25, 0.3) is 0 Å². The summed E-state index contributed by atoms with van der Waals surface area (Å²) in [5.41, 5.74) is 0. The zero-order valence-electron chi connectivity index (χ0n) is 5.49. The quantitative estimate of drug-likeness (QED) is 0.519. The third-order valence-electron chi connectivity index (χ3n) is 1.09. The van der Waals surface area contributed by atoms with Crippen molar-refractivity contribution in [3.63, 3.8) is 0 Å². The highest BCUT2D eigenvalue weighted by Gasteiger charge is 2.00. The summed E-state index contributed by atoms with van der Waals surface area (Å²) < 4.78 is 0.244. The van der Waals surface area contributed by atoms with E-state index in [0.29, 0.717) is 0 Å². The summed E-state index contributed by atoms with van der Waals surface area (Å²) in [6.45, 7) is 0. The van der Waals surface area contributed by atoms with Crippen molar-refractivity contribution in [3.05, 3.63) is 0 Å². The van der Waals surface area contributed by atoms with Gasteiger partial charge in [0.1, 0.15) is 0 Å². The van der Waals surface area contributed by atoms with Crippen LogP contribution in [0.5, 0.6) is 0 Å². The molecular weight excluding hydrogens is 303 g/mol. The van der Waals surface area contributed by atoms with Gasteiger partial charge in [-0.05, 0) is 12.8 Å². The zero-order chi connectivity index (χ0) is 7.98. The largest absolute Gasteiger partial charge is 0.110 e. The van der Waals surface area contributed by atoms with Gasteiger partial charge in [-0.25, -0.2) is 0 Å². The summed E-state index contributed by atoms with van der Waals surface area (Å²) >= 11 is 17.9. The molecule has 0 heterocycles. The van der Waals surface area contributed by atoms with Crippen molar-refractivity contribution in [2.75, 3.05) is 0 Å². The van der Waals surface area contributed by atoms with E-state index in [0.717, 1.165) is 25.7 Å². The highest BCUT2D eigenvalue weighted by atomic mass is 79.9. The predicted molar refractivity (Wildman–Crippen MR) is 55.6 cm³/mol. The van der Waals surface area contributed by atoms with E-state index in [1.54, 1.807) is 0 Å². The van der Waals surface area contributed by atoms with Crippen LogP contribution in [0, 0.1) is 0 Å². The Morgan fingerprint density at radius 2 is 1.20 bits per heavy atom. The lowest BCUT2D eigenvalue weighted by molar-refractivity contribution is 0.692. The van der Waals surface area contributed by atoms with Crippen molar-refractivity contribution < 1.29 is 0 Å². The number of unbranched alkanes of at least 4 members (excludes halogenated alkanes) is 1. The minimum atomic E-state index is 0.122. The Labute approximate surface area is 88.9 Å². The van der Waals surface area contributed by atoms with E-state index >= 15 is 0 Å². The summed E-state index contributed by atoms with van der Waals surface area (Å²) in [6.07, 6.45) is 4.29. The molecule has 0 amide bonds. The third kappa shape index (κ3) is 9.54. The van der Waals surface area contributed by atoms with Gasteiger partial charge >= 0.3 is 0 Å². The molecule has 0 rings (SSSR count). The van der Waals surface area contributed by atoms with Gasteiger partial charge in [-0.2, -0.15) is 0 Å². The van der Waals surface area contributed by atoms with E-state index in [1.165, 1.54) is 0 Å². The summed E-state index contributed by atoms with van der Waals surface area (Å²) in [5, 5.41) is 0. The topological polar surface area (TPSA) is 0 Å². The van der Waals surface area contributed by atoms with Gasteiger partial charge in [-0.3, -0.25) is 0 Å². The highest BCUT2D eigenvalue weighted by molar-refractivity contribution is 9.10. The number of hydrogen-bond acceptors (Lipinski definition) is 0. The molecule has 0 aliphatic heterocycles. The van der Waals surface area contributed by atoms with Gasteiger partial charge in [-0.1, -0.05) is 44.7 Å². The zero-order valence-corrected chi connectivity index (χ0v) is 10.2. The first kappa shape index (κ1) is 11.5. The molecule has 0 aromatic heterocycles. The third-order valence-corrected chi connectivity index (χ3v) is 2.45. The molecule has 0 saturated carbocycles. The van der Waals surface area contributed by atoms with Gasteiger partial charge in [0.2, 0.25) is 0 Å². The molecule has 0 bridgehead atoms. The van der Waals surface area contributed by atoms with Gasteiger partial charge in [0, 0.05) is 0 Å². The van der Waals surface area contributed by atoms with E-state index in [1.807, 2.05) is 0 Å². The lowest BCUT2D eigenvalue weighted by atomic mass is 10.2. The fraction of sp³-hybridized carbons (Fsp3) is 1.00. The second kappa shape index (κ2) is 7.20. The molecule has 0 aliphatic carbocycles. The van der Waals surface area contributed by atoms with Crippen LogP contribution < -0.4 is 0 Å². The molecule has 0 aliphatic rings. The normalized spacial score (nSPS) is 16.8. The molecule has 0 radical (unpaired) electrons. The molecular formula is C6H10Br2Cl2. The van der Waals surface area contributed by atoms with Gasteiger partial charge in [-0.15, -0.1) is 23.2 Å². The predicted octanol–water partition coefficient (Wildman–Crippen LogP) is 4.47. The number of halogens is 4. The van der Waals surface area contributed by atoms with E-state index in [-0.39, 0.29) is 8.57 Å². The second-order valence-electron chi connectivity index (χ2n) is 2.07. The van der Waals surface area contributed by atoms with Crippen LogP contribution in [-0.2, 0) is 0 Å². The van der Waals surface area contributed by atoms with Crippen molar-refractivity contribution in [2.45, 2.75) is 34.3 Å². The minimum absolute atomic E-state index is 0.122. The maximum atomic E-state index is 5.67. The van der Waals surface area contributed by atoms with Crippen LogP contribution in [0.3, 0.4) is 0 Å². The van der Waals surface area contributed by atoms with Gasteiger partial charge in [0.05, 0.1) is 8.57 Å². The lowest BCUT2D eigenvalue weighted by Gasteiger charge is -2.01. The maximum Gasteiger partial charge on any atom is 0.0886 e. The molecule has 2 unspecified atom stereocenters. The van der Waals surface area contributed by atoms with E-state index < -0.39 is 0 Å². The molecule has 0 fully saturated rings. The molecule has 0 aromatic carbocycles. The maximum absolute atomic E-state index is 5.67. The van der Waals surface area contributed by atoms with Crippen LogP contribution in [0.4, 0.5) is 0 Å². The Morgan fingerprint density at radius 3 is 1.40 bits per heavy atom. The van der Waals surface area contributed by atoms with Crippen molar-refractivity contribution in [1.29, 1.82) is 0 Å². The van der Waals surface area contributed by atoms with E-state index in [9.17, 15) is 0 Å². The number of alkyl halides is 4. The SMILES string of the molecule is ClC(Br)CCCCC(Cl)Br. The number of rotatable bonds is 5. The van der Waals surface area contributed by atoms with Crippen molar-refractivity contribution in [1.82, 2.24) is 0 Å². The molecule has 2 atom stereocenters. The summed E-state index contributed by atoms with van der Waals surface area (Å²) in [5.74, 6) is 0. The molecule has 4 heteroatoms. The van der Waals surface area contributed by atoms with Crippen LogP contribution in [0.1, 0.15) is 25.7 Å². The first-order valence-corrected chi connectivity index (χ1v) is 5.89. The van der Waals surface area contributed by atoms with E-state index in [2.05, 4.69) is 31.9 Å². The fourth-order valence-corrected chi connectivity index (χ4v) is 1.55. The Kier molecular flexibility index (Phi) is 8.31. The molecule has 0 spiro atoms. The van der Waals surface area contributed by atoms with Crippen molar-refractivity contribution in [3.8, 4) is 0 Å². The fourth-order valence-electron chi connectivity index (χ4n) is 0.597. The smallest absolute Gasteiger partial charge is 0.0886 e. The first-order valence-electron chi connectivity index (χ1n) is 3.19. The first-order chi connectivity index (χ1) is 4.63. The van der Waals surface area contributed by atoms with Gasteiger partial charge < -0.3 is 0 Å². The standard InChI is InChI=1S/C6H10Br2Cl2/c7-5(9)3-1-2-4-6(8)10/h5-6H,1-4H2. The molecule has 62 valence electrons. The molecule has 0 nitrogen and oxygen atoms in total. The monoisotopic (exact) mass is 310 g/mol. The lowest BCUT2D eigenvalue weighted by Crippen LogP contribution is -1.89. The average molecular weight is 313 g/mol. The van der Waals surface area contributed by atoms with E-state index in [4.69, 9.17) is 23.2 Å². The summed E-state index contributed by atoms with van der Waals surface area (Å²) in [7, 11) is 0. The Bertz CT molecular complexity index is 66.1. The molecule has 0 N–H and O–H groups in total. The van der Waals surface area contributed by atoms with Crippen LogP contribution in [0.15, 0.2) is 0 Å². The Balaban J connectivity index is 2.91. The summed E-state index contributed by atoms with van der Waals surface area (Å²) in [6, 6.07) is 0. The second-order valence-corrected chi connectivity index (χ2v) is 6.39. The van der Waals surface area contributed by atoms with Crippen LogP contribution in [-0.4, -0.2) is 8.57 Å². The Morgan fingerprint density at radius 1 is 0.900 bits per heavy atom. The average Bonchev–Trinajstić information content (AvgIpc) is 1.79. The summed E-state index contributed by atoms with van der Waals surface area (Å²) in [4.78, 5) is 0. The number of hydrogen-bond donors (Lipinski definition) is 0. The van der Waals surface area contributed by atoms with Crippen LogP contribution in [0.2, 0.25) is 0 Å². The molecule has 0 saturated heterocycles. The molecule has 0 aromatic rings. The highest BCUT2D eigenvalue weighted by Crippen LogP contribution is 2.18. The van der Waals surface area contributed by atoms with Crippen molar-refractivity contribution >= 4 is 55.1 Å². The minimum Gasteiger partial charge on any atom is -0.110 e.